The Kier molecular flexibility index (Phi) is 13.7. The third kappa shape index (κ3) is 11.6. The van der Waals surface area contributed by atoms with Crippen LogP contribution in [0.25, 0.3) is 0 Å². The summed E-state index contributed by atoms with van der Waals surface area (Å²) in [7, 11) is 1.78. The highest BCUT2D eigenvalue weighted by Crippen LogP contribution is 2.42. The van der Waals surface area contributed by atoms with E-state index < -0.39 is 0 Å². The maximum atomic E-state index is 10.7. The summed E-state index contributed by atoms with van der Waals surface area (Å²) in [5.74, 6) is 1.12. The molecule has 0 amide bonds. The standard InChI is InChI=1S/C17H26O.C8H18O.C2H6/c1-16(2,3)11-15(17(4,5)6)14-9-7-13(12-18)8-10-14;1-6-8(4,9-5)7(2)3;1-2/h7-10,12,15H,11H2,1-6H3;7H,6H2,1-5H3;1-2H3. The van der Waals surface area contributed by atoms with Gasteiger partial charge in [-0.1, -0.05) is 100 Å². The van der Waals surface area contributed by atoms with Crippen LogP contribution in [0.15, 0.2) is 24.3 Å². The first kappa shape index (κ1) is 30.0. The van der Waals surface area contributed by atoms with Gasteiger partial charge in [-0.05, 0) is 48.0 Å². The number of benzene rings is 1. The molecule has 1 rings (SSSR count). The summed E-state index contributed by atoms with van der Waals surface area (Å²) in [4.78, 5) is 10.7. The second-order valence-electron chi connectivity index (χ2n) is 10.5. The van der Waals surface area contributed by atoms with E-state index in [4.69, 9.17) is 4.74 Å². The Hall–Kier alpha value is -1.15. The third-order valence-corrected chi connectivity index (χ3v) is 5.73. The maximum Gasteiger partial charge on any atom is 0.150 e. The topological polar surface area (TPSA) is 26.3 Å². The molecule has 0 N–H and O–H groups in total. The Morgan fingerprint density at radius 1 is 0.931 bits per heavy atom. The number of rotatable bonds is 6. The zero-order valence-corrected chi connectivity index (χ0v) is 21.8. The number of carbonyl (C=O) groups is 1. The van der Waals surface area contributed by atoms with Crippen LogP contribution in [0.2, 0.25) is 0 Å². The number of aldehydes is 1. The Balaban J connectivity index is 0. The van der Waals surface area contributed by atoms with E-state index in [1.54, 1.807) is 7.11 Å². The molecule has 2 unspecified atom stereocenters. The number of ether oxygens (including phenoxy) is 1. The molecular weight excluding hydrogens is 356 g/mol. The van der Waals surface area contributed by atoms with Crippen molar-refractivity contribution in [1.82, 2.24) is 0 Å². The highest BCUT2D eigenvalue weighted by Gasteiger charge is 2.30. The smallest absolute Gasteiger partial charge is 0.150 e. The van der Waals surface area contributed by atoms with Crippen LogP contribution in [0.5, 0.6) is 0 Å². The van der Waals surface area contributed by atoms with Gasteiger partial charge in [-0.25, -0.2) is 0 Å². The fourth-order valence-corrected chi connectivity index (χ4v) is 3.13. The van der Waals surface area contributed by atoms with Crippen molar-refractivity contribution in [2.24, 2.45) is 16.7 Å². The molecule has 1 aromatic rings. The summed E-state index contributed by atoms with van der Waals surface area (Å²) in [6, 6.07) is 8.05. The van der Waals surface area contributed by atoms with Crippen molar-refractivity contribution in [2.75, 3.05) is 7.11 Å². The molecule has 2 atom stereocenters. The van der Waals surface area contributed by atoms with Crippen LogP contribution in [-0.4, -0.2) is 19.0 Å². The summed E-state index contributed by atoms with van der Waals surface area (Å²) in [6.45, 7) is 26.4. The molecule has 0 aromatic heterocycles. The average molecular weight is 407 g/mol. The Morgan fingerprint density at radius 3 is 1.59 bits per heavy atom. The van der Waals surface area contributed by atoms with Gasteiger partial charge < -0.3 is 4.74 Å². The summed E-state index contributed by atoms with van der Waals surface area (Å²) < 4.78 is 5.35. The fourth-order valence-electron chi connectivity index (χ4n) is 3.13. The molecule has 0 aliphatic heterocycles. The molecule has 0 bridgehead atoms. The third-order valence-electron chi connectivity index (χ3n) is 5.73. The van der Waals surface area contributed by atoms with Crippen LogP contribution in [0.4, 0.5) is 0 Å². The van der Waals surface area contributed by atoms with Crippen LogP contribution >= 0.6 is 0 Å². The lowest BCUT2D eigenvalue weighted by Crippen LogP contribution is -2.32. The van der Waals surface area contributed by atoms with Gasteiger partial charge in [0.2, 0.25) is 0 Å². The van der Waals surface area contributed by atoms with Gasteiger partial charge in [-0.3, -0.25) is 4.79 Å². The largest absolute Gasteiger partial charge is 0.378 e. The molecule has 0 heterocycles. The second-order valence-corrected chi connectivity index (χ2v) is 10.5. The van der Waals surface area contributed by atoms with Gasteiger partial charge in [0.15, 0.2) is 0 Å². The monoisotopic (exact) mass is 406 g/mol. The molecule has 0 aliphatic rings. The first-order chi connectivity index (χ1) is 13.2. The molecule has 170 valence electrons. The van der Waals surface area contributed by atoms with E-state index in [0.717, 1.165) is 24.7 Å². The van der Waals surface area contributed by atoms with Crippen molar-refractivity contribution in [3.8, 4) is 0 Å². The van der Waals surface area contributed by atoms with Gasteiger partial charge >= 0.3 is 0 Å². The Morgan fingerprint density at radius 2 is 1.38 bits per heavy atom. The number of hydrogen-bond acceptors (Lipinski definition) is 2. The van der Waals surface area contributed by atoms with E-state index in [2.05, 4.69) is 81.4 Å². The van der Waals surface area contributed by atoms with Crippen molar-refractivity contribution in [3.05, 3.63) is 35.4 Å². The molecule has 29 heavy (non-hydrogen) atoms. The van der Waals surface area contributed by atoms with E-state index >= 15 is 0 Å². The summed E-state index contributed by atoms with van der Waals surface area (Å²) in [5.41, 5.74) is 2.71. The van der Waals surface area contributed by atoms with Crippen LogP contribution in [0.1, 0.15) is 118 Å². The van der Waals surface area contributed by atoms with Crippen LogP contribution in [0.3, 0.4) is 0 Å². The van der Waals surface area contributed by atoms with E-state index in [-0.39, 0.29) is 11.0 Å². The summed E-state index contributed by atoms with van der Waals surface area (Å²) in [6.07, 6.45) is 3.14. The molecule has 0 saturated heterocycles. The SMILES string of the molecule is CC.CC(C)(C)CC(c1ccc(C=O)cc1)C(C)(C)C.CCC(C)(OC)C(C)C. The van der Waals surface area contributed by atoms with Crippen molar-refractivity contribution < 1.29 is 9.53 Å². The average Bonchev–Trinajstić information content (AvgIpc) is 2.66. The Bertz CT molecular complexity index is 537. The molecule has 0 fully saturated rings. The Labute approximate surface area is 182 Å². The van der Waals surface area contributed by atoms with Crippen LogP contribution in [0, 0.1) is 16.7 Å². The van der Waals surface area contributed by atoms with Crippen molar-refractivity contribution in [2.45, 2.75) is 107 Å². The highest BCUT2D eigenvalue weighted by atomic mass is 16.5. The van der Waals surface area contributed by atoms with Gasteiger partial charge in [0.1, 0.15) is 6.29 Å². The van der Waals surface area contributed by atoms with Gasteiger partial charge in [0, 0.05) is 12.7 Å². The predicted molar refractivity (Wildman–Crippen MR) is 130 cm³/mol. The fraction of sp³-hybridized carbons (Fsp3) is 0.741. The zero-order valence-electron chi connectivity index (χ0n) is 21.8. The molecule has 0 saturated carbocycles. The second kappa shape index (κ2) is 13.2. The number of carbonyl (C=O) groups excluding carboxylic acids is 1. The highest BCUT2D eigenvalue weighted by molar-refractivity contribution is 5.74. The molecule has 0 aliphatic carbocycles. The first-order valence-corrected chi connectivity index (χ1v) is 11.3. The van der Waals surface area contributed by atoms with Crippen LogP contribution < -0.4 is 0 Å². The quantitative estimate of drug-likeness (QED) is 0.442. The minimum absolute atomic E-state index is 0.0833. The number of methoxy groups -OCH3 is 1. The van der Waals surface area contributed by atoms with E-state index in [1.807, 2.05) is 26.0 Å². The predicted octanol–water partition coefficient (Wildman–Crippen LogP) is 8.55. The molecule has 0 radical (unpaired) electrons. The van der Waals surface area contributed by atoms with Crippen molar-refractivity contribution in [1.29, 1.82) is 0 Å². The minimum Gasteiger partial charge on any atom is -0.378 e. The maximum absolute atomic E-state index is 10.7. The lowest BCUT2D eigenvalue weighted by molar-refractivity contribution is -0.0348. The van der Waals surface area contributed by atoms with E-state index in [0.29, 0.717) is 17.3 Å². The molecule has 0 spiro atoms. The molecular formula is C27H50O2. The van der Waals surface area contributed by atoms with Crippen molar-refractivity contribution in [3.63, 3.8) is 0 Å². The first-order valence-electron chi connectivity index (χ1n) is 11.3. The van der Waals surface area contributed by atoms with E-state index in [9.17, 15) is 4.79 Å². The summed E-state index contributed by atoms with van der Waals surface area (Å²) >= 11 is 0. The van der Waals surface area contributed by atoms with Gasteiger partial charge in [-0.2, -0.15) is 0 Å². The van der Waals surface area contributed by atoms with Gasteiger partial charge in [0.25, 0.3) is 0 Å². The normalized spacial score (nSPS) is 14.7. The van der Waals surface area contributed by atoms with Gasteiger partial charge in [0.05, 0.1) is 5.60 Å². The molecule has 1 aromatic carbocycles. The lowest BCUT2D eigenvalue weighted by atomic mass is 9.69. The van der Waals surface area contributed by atoms with E-state index in [1.165, 1.54) is 5.56 Å². The zero-order chi connectivity index (χ0) is 23.5. The summed E-state index contributed by atoms with van der Waals surface area (Å²) in [5, 5.41) is 0. The lowest BCUT2D eigenvalue weighted by Gasteiger charge is -2.36. The van der Waals surface area contributed by atoms with Gasteiger partial charge in [-0.15, -0.1) is 0 Å². The molecule has 2 nitrogen and oxygen atoms in total. The van der Waals surface area contributed by atoms with Crippen molar-refractivity contribution >= 4 is 6.29 Å². The number of hydrogen-bond donors (Lipinski definition) is 0. The minimum atomic E-state index is 0.0833. The molecule has 2 heteroatoms. The van der Waals surface area contributed by atoms with Crippen LogP contribution in [-0.2, 0) is 4.74 Å².